The summed E-state index contributed by atoms with van der Waals surface area (Å²) in [5.41, 5.74) is 0.927. The lowest BCUT2D eigenvalue weighted by Gasteiger charge is -2.15. The standard InChI is InChI=1S/C12H14O4/c1-14-10-6-8(9-4-3-5-16-9)7-11(15-2)12(10)13/h3,5-7,9,13H,4H2,1-2H3. The van der Waals surface area contributed by atoms with Crippen LogP contribution < -0.4 is 9.47 Å². The molecule has 2 rings (SSSR count). The topological polar surface area (TPSA) is 47.9 Å². The summed E-state index contributed by atoms with van der Waals surface area (Å²) in [4.78, 5) is 0. The van der Waals surface area contributed by atoms with Gasteiger partial charge in [0.25, 0.3) is 0 Å². The van der Waals surface area contributed by atoms with Gasteiger partial charge in [0.05, 0.1) is 20.5 Å². The lowest BCUT2D eigenvalue weighted by molar-refractivity contribution is 0.172. The fourth-order valence-corrected chi connectivity index (χ4v) is 1.70. The molecule has 86 valence electrons. The Hall–Kier alpha value is -1.84. The van der Waals surface area contributed by atoms with Crippen molar-refractivity contribution < 1.29 is 19.3 Å². The fourth-order valence-electron chi connectivity index (χ4n) is 1.70. The van der Waals surface area contributed by atoms with Crippen LogP contribution in [0.2, 0.25) is 0 Å². The van der Waals surface area contributed by atoms with Crippen molar-refractivity contribution in [1.29, 1.82) is 0 Å². The van der Waals surface area contributed by atoms with Crippen LogP contribution in [0.3, 0.4) is 0 Å². The molecule has 0 saturated carbocycles. The zero-order chi connectivity index (χ0) is 11.5. The van der Waals surface area contributed by atoms with Crippen LogP contribution in [-0.2, 0) is 4.74 Å². The highest BCUT2D eigenvalue weighted by molar-refractivity contribution is 5.53. The molecule has 0 bridgehead atoms. The second-order valence-electron chi connectivity index (χ2n) is 3.51. The molecule has 16 heavy (non-hydrogen) atoms. The highest BCUT2D eigenvalue weighted by Gasteiger charge is 2.19. The van der Waals surface area contributed by atoms with E-state index >= 15 is 0 Å². The maximum absolute atomic E-state index is 9.75. The Balaban J connectivity index is 2.38. The van der Waals surface area contributed by atoms with Crippen molar-refractivity contribution in [3.63, 3.8) is 0 Å². The molecule has 0 saturated heterocycles. The number of phenolic OH excluding ortho intramolecular Hbond substituents is 1. The third-order valence-electron chi connectivity index (χ3n) is 2.56. The van der Waals surface area contributed by atoms with E-state index in [1.54, 1.807) is 18.4 Å². The molecule has 4 nitrogen and oxygen atoms in total. The lowest BCUT2D eigenvalue weighted by Crippen LogP contribution is -1.98. The van der Waals surface area contributed by atoms with Crippen LogP contribution in [-0.4, -0.2) is 19.3 Å². The summed E-state index contributed by atoms with van der Waals surface area (Å²) in [6.07, 6.45) is 4.42. The predicted octanol–water partition coefficient (Wildman–Crippen LogP) is 2.38. The minimum absolute atomic E-state index is 0.0136. The molecule has 1 unspecified atom stereocenters. The van der Waals surface area contributed by atoms with E-state index in [2.05, 4.69) is 0 Å². The number of rotatable bonds is 3. The van der Waals surface area contributed by atoms with Crippen LogP contribution >= 0.6 is 0 Å². The van der Waals surface area contributed by atoms with Gasteiger partial charge in [0.15, 0.2) is 11.5 Å². The Morgan fingerprint density at radius 1 is 1.25 bits per heavy atom. The molecule has 1 atom stereocenters. The first kappa shape index (κ1) is 10.7. The van der Waals surface area contributed by atoms with Crippen molar-refractivity contribution in [3.05, 3.63) is 30.0 Å². The van der Waals surface area contributed by atoms with E-state index in [1.807, 2.05) is 6.08 Å². The number of aromatic hydroxyl groups is 1. The maximum atomic E-state index is 9.75. The number of phenols is 1. The SMILES string of the molecule is COc1cc(C2CC=CO2)cc(OC)c1O. The number of benzene rings is 1. The summed E-state index contributed by atoms with van der Waals surface area (Å²) in [7, 11) is 3.01. The van der Waals surface area contributed by atoms with E-state index in [1.165, 1.54) is 14.2 Å². The molecule has 1 aliphatic rings. The van der Waals surface area contributed by atoms with Crippen LogP contribution in [0.4, 0.5) is 0 Å². The van der Waals surface area contributed by atoms with Gasteiger partial charge in [-0.15, -0.1) is 0 Å². The summed E-state index contributed by atoms with van der Waals surface area (Å²) in [6, 6.07) is 3.52. The summed E-state index contributed by atoms with van der Waals surface area (Å²) in [6.45, 7) is 0. The lowest BCUT2D eigenvalue weighted by atomic mass is 10.1. The largest absolute Gasteiger partial charge is 0.502 e. The summed E-state index contributed by atoms with van der Waals surface area (Å²) < 4.78 is 15.6. The molecule has 0 aromatic heterocycles. The molecular formula is C12H14O4. The first-order chi connectivity index (χ1) is 7.76. The van der Waals surface area contributed by atoms with Gasteiger partial charge in [0, 0.05) is 12.0 Å². The van der Waals surface area contributed by atoms with Crippen LogP contribution in [0, 0.1) is 0 Å². The zero-order valence-corrected chi connectivity index (χ0v) is 9.27. The van der Waals surface area contributed by atoms with Crippen molar-refractivity contribution in [3.8, 4) is 17.2 Å². The Morgan fingerprint density at radius 3 is 2.31 bits per heavy atom. The summed E-state index contributed by atoms with van der Waals surface area (Å²) in [5.74, 6) is 0.800. The van der Waals surface area contributed by atoms with Crippen molar-refractivity contribution in [1.82, 2.24) is 0 Å². The number of hydrogen-bond acceptors (Lipinski definition) is 4. The van der Waals surface area contributed by atoms with E-state index in [0.29, 0.717) is 11.5 Å². The zero-order valence-electron chi connectivity index (χ0n) is 9.27. The molecule has 0 spiro atoms. The van der Waals surface area contributed by atoms with Gasteiger partial charge in [0.1, 0.15) is 6.10 Å². The van der Waals surface area contributed by atoms with E-state index in [4.69, 9.17) is 14.2 Å². The average Bonchev–Trinajstić information content (AvgIpc) is 2.83. The minimum atomic E-state index is -0.0246. The molecule has 1 N–H and O–H groups in total. The monoisotopic (exact) mass is 222 g/mol. The van der Waals surface area contributed by atoms with Gasteiger partial charge in [-0.2, -0.15) is 0 Å². The van der Waals surface area contributed by atoms with E-state index < -0.39 is 0 Å². The third-order valence-corrected chi connectivity index (χ3v) is 2.56. The Morgan fingerprint density at radius 2 is 1.88 bits per heavy atom. The molecule has 1 aromatic carbocycles. The molecule has 1 heterocycles. The van der Waals surface area contributed by atoms with Gasteiger partial charge in [-0.1, -0.05) is 0 Å². The third kappa shape index (κ3) is 1.78. The summed E-state index contributed by atoms with van der Waals surface area (Å²) in [5, 5.41) is 9.75. The summed E-state index contributed by atoms with van der Waals surface area (Å²) >= 11 is 0. The van der Waals surface area contributed by atoms with Crippen molar-refractivity contribution in [2.75, 3.05) is 14.2 Å². The maximum Gasteiger partial charge on any atom is 0.200 e. The van der Waals surface area contributed by atoms with Crippen molar-refractivity contribution in [2.24, 2.45) is 0 Å². The van der Waals surface area contributed by atoms with Crippen molar-refractivity contribution in [2.45, 2.75) is 12.5 Å². The second kappa shape index (κ2) is 4.35. The van der Waals surface area contributed by atoms with Crippen LogP contribution in [0.15, 0.2) is 24.5 Å². The van der Waals surface area contributed by atoms with E-state index in [-0.39, 0.29) is 11.9 Å². The van der Waals surface area contributed by atoms with E-state index in [9.17, 15) is 5.11 Å². The number of hydrogen-bond donors (Lipinski definition) is 1. The molecule has 0 aliphatic carbocycles. The van der Waals surface area contributed by atoms with Crippen LogP contribution in [0.5, 0.6) is 17.2 Å². The van der Waals surface area contributed by atoms with Gasteiger partial charge in [-0.05, 0) is 18.2 Å². The Kier molecular flexibility index (Phi) is 2.90. The van der Waals surface area contributed by atoms with Gasteiger partial charge in [-0.3, -0.25) is 0 Å². The molecule has 0 radical (unpaired) electrons. The molecule has 1 aliphatic heterocycles. The van der Waals surface area contributed by atoms with Gasteiger partial charge in [-0.25, -0.2) is 0 Å². The minimum Gasteiger partial charge on any atom is -0.502 e. The first-order valence-electron chi connectivity index (χ1n) is 5.01. The fraction of sp³-hybridized carbons (Fsp3) is 0.333. The Labute approximate surface area is 94.1 Å². The van der Waals surface area contributed by atoms with Gasteiger partial charge < -0.3 is 19.3 Å². The van der Waals surface area contributed by atoms with Crippen LogP contribution in [0.1, 0.15) is 18.1 Å². The predicted molar refractivity (Wildman–Crippen MR) is 58.8 cm³/mol. The average molecular weight is 222 g/mol. The number of methoxy groups -OCH3 is 2. The van der Waals surface area contributed by atoms with E-state index in [0.717, 1.165) is 12.0 Å². The molecular weight excluding hydrogens is 208 g/mol. The Bertz CT molecular complexity index is 378. The van der Waals surface area contributed by atoms with Crippen LogP contribution in [0.25, 0.3) is 0 Å². The van der Waals surface area contributed by atoms with Gasteiger partial charge in [0.2, 0.25) is 5.75 Å². The smallest absolute Gasteiger partial charge is 0.200 e. The number of ether oxygens (including phenoxy) is 3. The normalized spacial score (nSPS) is 18.2. The van der Waals surface area contributed by atoms with Gasteiger partial charge >= 0.3 is 0 Å². The highest BCUT2D eigenvalue weighted by atomic mass is 16.5. The molecule has 4 heteroatoms. The quantitative estimate of drug-likeness (QED) is 0.853. The highest BCUT2D eigenvalue weighted by Crippen LogP contribution is 2.40. The second-order valence-corrected chi connectivity index (χ2v) is 3.51. The molecule has 0 amide bonds. The first-order valence-corrected chi connectivity index (χ1v) is 5.01. The molecule has 0 fully saturated rings. The molecule has 1 aromatic rings. The van der Waals surface area contributed by atoms with Crippen molar-refractivity contribution >= 4 is 0 Å².